The number of aromatic nitrogens is 1. The van der Waals surface area contributed by atoms with Gasteiger partial charge in [-0.15, -0.1) is 0 Å². The fourth-order valence-electron chi connectivity index (χ4n) is 1.36. The highest BCUT2D eigenvalue weighted by Gasteiger charge is 2.19. The Morgan fingerprint density at radius 1 is 1.45 bits per heavy atom. The molecule has 0 fully saturated rings. The number of ether oxygens (including phenoxy) is 1. The average molecular weight is 338 g/mol. The first-order valence-corrected chi connectivity index (χ1v) is 5.98. The molecule has 2 rings (SSSR count). The van der Waals surface area contributed by atoms with E-state index < -0.39 is 16.4 Å². The van der Waals surface area contributed by atoms with Crippen LogP contribution in [-0.2, 0) is 0 Å². The molecule has 1 aromatic carbocycles. The molecule has 0 saturated heterocycles. The SMILES string of the molecule is N#Cc1cnc(Oc2ccc(Br)c(F)c2)c([N+](=O)[O-])c1. The molecule has 100 valence electrons. The molecule has 8 heteroatoms. The van der Waals surface area contributed by atoms with Crippen LogP contribution < -0.4 is 4.74 Å². The van der Waals surface area contributed by atoms with Gasteiger partial charge in [0.1, 0.15) is 17.6 Å². The van der Waals surface area contributed by atoms with Gasteiger partial charge in [0, 0.05) is 18.3 Å². The lowest BCUT2D eigenvalue weighted by Gasteiger charge is -2.05. The molecule has 1 heterocycles. The van der Waals surface area contributed by atoms with Gasteiger partial charge in [-0.25, -0.2) is 9.37 Å². The van der Waals surface area contributed by atoms with Gasteiger partial charge < -0.3 is 4.74 Å². The maximum absolute atomic E-state index is 13.3. The number of nitriles is 1. The largest absolute Gasteiger partial charge is 0.434 e. The van der Waals surface area contributed by atoms with Crippen LogP contribution in [0.1, 0.15) is 5.56 Å². The van der Waals surface area contributed by atoms with Gasteiger partial charge in [0.15, 0.2) is 0 Å². The zero-order valence-electron chi connectivity index (χ0n) is 9.71. The highest BCUT2D eigenvalue weighted by Crippen LogP contribution is 2.31. The summed E-state index contributed by atoms with van der Waals surface area (Å²) >= 11 is 2.98. The second-order valence-corrected chi connectivity index (χ2v) is 4.45. The Hall–Kier alpha value is -2.53. The lowest BCUT2D eigenvalue weighted by molar-refractivity contribution is -0.386. The van der Waals surface area contributed by atoms with E-state index in [0.29, 0.717) is 0 Å². The van der Waals surface area contributed by atoms with Gasteiger partial charge in [-0.3, -0.25) is 10.1 Å². The van der Waals surface area contributed by atoms with Gasteiger partial charge in [-0.05, 0) is 28.1 Å². The van der Waals surface area contributed by atoms with Crippen molar-refractivity contribution in [1.29, 1.82) is 5.26 Å². The monoisotopic (exact) mass is 337 g/mol. The summed E-state index contributed by atoms with van der Waals surface area (Å²) in [7, 11) is 0. The van der Waals surface area contributed by atoms with E-state index in [0.717, 1.165) is 18.3 Å². The van der Waals surface area contributed by atoms with Crippen LogP contribution in [0.5, 0.6) is 11.6 Å². The van der Waals surface area contributed by atoms with Crippen molar-refractivity contribution in [1.82, 2.24) is 4.98 Å². The standard InChI is InChI=1S/C12H5BrFN3O3/c13-9-2-1-8(4-10(9)14)20-12-11(17(18)19)3-7(5-15)6-16-12/h1-4,6H. The number of halogens is 2. The molecule has 0 bridgehead atoms. The first-order valence-electron chi connectivity index (χ1n) is 5.18. The van der Waals surface area contributed by atoms with Gasteiger partial charge in [-0.2, -0.15) is 5.26 Å². The van der Waals surface area contributed by atoms with Crippen molar-refractivity contribution in [2.75, 3.05) is 0 Å². The first kappa shape index (κ1) is 13.9. The van der Waals surface area contributed by atoms with E-state index in [1.54, 1.807) is 6.07 Å². The summed E-state index contributed by atoms with van der Waals surface area (Å²) in [6, 6.07) is 6.67. The van der Waals surface area contributed by atoms with E-state index in [1.165, 1.54) is 12.1 Å². The van der Waals surface area contributed by atoms with Crippen LogP contribution in [0.3, 0.4) is 0 Å². The Bertz CT molecular complexity index is 730. The summed E-state index contributed by atoms with van der Waals surface area (Å²) in [4.78, 5) is 13.9. The van der Waals surface area contributed by atoms with Crippen molar-refractivity contribution < 1.29 is 14.1 Å². The number of hydrogen-bond acceptors (Lipinski definition) is 5. The van der Waals surface area contributed by atoms with Crippen molar-refractivity contribution in [3.63, 3.8) is 0 Å². The van der Waals surface area contributed by atoms with Gasteiger partial charge in [-0.1, -0.05) is 0 Å². The van der Waals surface area contributed by atoms with Crippen LogP contribution in [0.2, 0.25) is 0 Å². The van der Waals surface area contributed by atoms with Crippen molar-refractivity contribution in [2.45, 2.75) is 0 Å². The fourth-order valence-corrected chi connectivity index (χ4v) is 1.61. The van der Waals surface area contributed by atoms with Crippen LogP contribution in [0.4, 0.5) is 10.1 Å². The summed E-state index contributed by atoms with van der Waals surface area (Å²) in [5, 5.41) is 19.6. The maximum Gasteiger partial charge on any atom is 0.332 e. The third-order valence-electron chi connectivity index (χ3n) is 2.26. The molecule has 0 aliphatic heterocycles. The van der Waals surface area contributed by atoms with Crippen molar-refractivity contribution in [3.05, 3.63) is 56.4 Å². The van der Waals surface area contributed by atoms with E-state index >= 15 is 0 Å². The normalized spacial score (nSPS) is 9.85. The molecule has 20 heavy (non-hydrogen) atoms. The minimum atomic E-state index is -0.724. The molecule has 0 saturated carbocycles. The second kappa shape index (κ2) is 5.63. The highest BCUT2D eigenvalue weighted by molar-refractivity contribution is 9.10. The molecule has 0 aliphatic rings. The fraction of sp³-hybridized carbons (Fsp3) is 0. The van der Waals surface area contributed by atoms with Crippen LogP contribution >= 0.6 is 15.9 Å². The maximum atomic E-state index is 13.3. The van der Waals surface area contributed by atoms with Crippen molar-refractivity contribution in [3.8, 4) is 17.7 Å². The van der Waals surface area contributed by atoms with E-state index in [1.807, 2.05) is 0 Å². The number of benzene rings is 1. The molecule has 0 aliphatic carbocycles. The molecule has 0 amide bonds. The molecule has 0 unspecified atom stereocenters. The predicted molar refractivity (Wildman–Crippen MR) is 69.8 cm³/mol. The molecular formula is C12H5BrFN3O3. The van der Waals surface area contributed by atoms with Gasteiger partial charge in [0.25, 0.3) is 5.88 Å². The van der Waals surface area contributed by atoms with Crippen LogP contribution in [0.15, 0.2) is 34.9 Å². The molecule has 0 spiro atoms. The Morgan fingerprint density at radius 2 is 2.20 bits per heavy atom. The number of nitro groups is 1. The molecule has 0 atom stereocenters. The van der Waals surface area contributed by atoms with Gasteiger partial charge in [0.2, 0.25) is 0 Å². The van der Waals surface area contributed by atoms with Crippen molar-refractivity contribution in [2.24, 2.45) is 0 Å². The molecular weight excluding hydrogens is 333 g/mol. The molecule has 0 radical (unpaired) electrons. The lowest BCUT2D eigenvalue weighted by atomic mass is 10.3. The van der Waals surface area contributed by atoms with E-state index in [2.05, 4.69) is 20.9 Å². The van der Waals surface area contributed by atoms with Crippen LogP contribution in [0.25, 0.3) is 0 Å². The summed E-state index contributed by atoms with van der Waals surface area (Å²) in [5.74, 6) is -0.819. The third-order valence-corrected chi connectivity index (χ3v) is 2.91. The van der Waals surface area contributed by atoms with Crippen LogP contribution in [0, 0.1) is 27.3 Å². The quantitative estimate of drug-likeness (QED) is 0.631. The second-order valence-electron chi connectivity index (χ2n) is 3.60. The van der Waals surface area contributed by atoms with E-state index in [4.69, 9.17) is 10.00 Å². The Morgan fingerprint density at radius 3 is 2.80 bits per heavy atom. The Balaban J connectivity index is 2.40. The first-order chi connectivity index (χ1) is 9.51. The Kier molecular flexibility index (Phi) is 3.91. The summed E-state index contributed by atoms with van der Waals surface area (Å²) in [5.41, 5.74) is -0.432. The lowest BCUT2D eigenvalue weighted by Crippen LogP contribution is -1.97. The van der Waals surface area contributed by atoms with Gasteiger partial charge >= 0.3 is 5.69 Å². The average Bonchev–Trinajstić information content (AvgIpc) is 2.43. The van der Waals surface area contributed by atoms with Crippen LogP contribution in [-0.4, -0.2) is 9.91 Å². The predicted octanol–water partition coefficient (Wildman–Crippen LogP) is 3.56. The topological polar surface area (TPSA) is 89.0 Å². The summed E-state index contributed by atoms with van der Waals surface area (Å²) < 4.78 is 18.8. The zero-order valence-corrected chi connectivity index (χ0v) is 11.3. The number of rotatable bonds is 3. The van der Waals surface area contributed by atoms with Gasteiger partial charge in [0.05, 0.1) is 15.0 Å². The summed E-state index contributed by atoms with van der Waals surface area (Å²) in [6.45, 7) is 0. The smallest absolute Gasteiger partial charge is 0.332 e. The minimum absolute atomic E-state index is 0.0334. The molecule has 0 N–H and O–H groups in total. The highest BCUT2D eigenvalue weighted by atomic mass is 79.9. The third kappa shape index (κ3) is 2.89. The molecule has 2 aromatic rings. The van der Waals surface area contributed by atoms with E-state index in [-0.39, 0.29) is 21.7 Å². The molecule has 1 aromatic heterocycles. The zero-order chi connectivity index (χ0) is 14.7. The number of nitrogens with zero attached hydrogens (tertiary/aromatic N) is 3. The Labute approximate surface area is 120 Å². The van der Waals surface area contributed by atoms with Crippen molar-refractivity contribution >= 4 is 21.6 Å². The molecule has 6 nitrogen and oxygen atoms in total. The number of hydrogen-bond donors (Lipinski definition) is 0. The van der Waals surface area contributed by atoms with E-state index in [9.17, 15) is 14.5 Å². The summed E-state index contributed by atoms with van der Waals surface area (Å²) in [6.07, 6.45) is 1.14. The number of pyridine rings is 1. The minimum Gasteiger partial charge on any atom is -0.434 e.